The second-order valence-electron chi connectivity index (χ2n) is 7.58. The minimum absolute atomic E-state index is 0.194. The number of benzene rings is 1. The van der Waals surface area contributed by atoms with Gasteiger partial charge in [-0.1, -0.05) is 19.1 Å². The molecule has 1 aromatic carbocycles. The number of piperidine rings is 1. The number of hydrogen-bond donors (Lipinski definition) is 3. The number of nitrogen functional groups attached to an aromatic ring is 1. The monoisotopic (exact) mass is 382 g/mol. The number of carbonyl (C=O) groups excluding carboxylic acids is 2. The van der Waals surface area contributed by atoms with E-state index in [0.717, 1.165) is 29.5 Å². The molecule has 2 amide bonds. The number of anilines is 2. The number of hydrogen-bond acceptors (Lipinski definition) is 5. The predicted molar refractivity (Wildman–Crippen MR) is 108 cm³/mol. The average Bonchev–Trinajstić information content (AvgIpc) is 2.66. The quantitative estimate of drug-likeness (QED) is 0.692. The Bertz CT molecular complexity index is 913. The number of likely N-dealkylation sites (tertiary alicyclic amines) is 1. The summed E-state index contributed by atoms with van der Waals surface area (Å²) in [6.45, 7) is 6.19. The van der Waals surface area contributed by atoms with E-state index in [-0.39, 0.29) is 11.8 Å². The van der Waals surface area contributed by atoms with E-state index in [2.05, 4.69) is 17.2 Å². The van der Waals surface area contributed by atoms with Crippen molar-refractivity contribution in [1.29, 1.82) is 0 Å². The van der Waals surface area contributed by atoms with Crippen LogP contribution >= 0.6 is 0 Å². The first-order valence-electron chi connectivity index (χ1n) is 9.40. The van der Waals surface area contributed by atoms with Gasteiger partial charge >= 0.3 is 11.8 Å². The molecule has 1 aromatic heterocycles. The van der Waals surface area contributed by atoms with Gasteiger partial charge in [0.15, 0.2) is 0 Å². The standard InChI is InChI=1S/C21H26N4O3/c1-12-4-6-17(15-5-7-18(26)13(2)8-15)25(11-12)21(28)20(27)24-16-9-14(3)19(22)23-10-16/h5,7-10,12,17,26H,4,6,11H2,1-3H3,(H2,22,23)(H,24,27). The predicted octanol–water partition coefficient (Wildman–Crippen LogP) is 2.92. The lowest BCUT2D eigenvalue weighted by molar-refractivity contribution is -0.146. The van der Waals surface area contributed by atoms with Gasteiger partial charge in [-0.05, 0) is 61.4 Å². The lowest BCUT2D eigenvalue weighted by atomic mass is 9.89. The summed E-state index contributed by atoms with van der Waals surface area (Å²) in [4.78, 5) is 31.2. The van der Waals surface area contributed by atoms with Gasteiger partial charge in [0.25, 0.3) is 0 Å². The van der Waals surface area contributed by atoms with Crippen LogP contribution in [0.3, 0.4) is 0 Å². The summed E-state index contributed by atoms with van der Waals surface area (Å²) in [5, 5.41) is 12.4. The number of nitrogens with two attached hydrogens (primary N) is 1. The van der Waals surface area contributed by atoms with E-state index < -0.39 is 11.8 Å². The Hall–Kier alpha value is -3.09. The molecule has 2 atom stereocenters. The van der Waals surface area contributed by atoms with Gasteiger partial charge in [-0.15, -0.1) is 0 Å². The molecule has 0 aliphatic carbocycles. The molecule has 1 aliphatic rings. The Morgan fingerprint density at radius 3 is 2.64 bits per heavy atom. The minimum Gasteiger partial charge on any atom is -0.508 e. The summed E-state index contributed by atoms with van der Waals surface area (Å²) < 4.78 is 0. The number of nitrogens with one attached hydrogen (secondary N) is 1. The van der Waals surface area contributed by atoms with Gasteiger partial charge in [0.05, 0.1) is 17.9 Å². The first-order valence-corrected chi connectivity index (χ1v) is 9.40. The zero-order chi connectivity index (χ0) is 20.4. The van der Waals surface area contributed by atoms with Crippen molar-refractivity contribution < 1.29 is 14.7 Å². The molecule has 0 saturated carbocycles. The largest absolute Gasteiger partial charge is 0.508 e. The molecule has 3 rings (SSSR count). The van der Waals surface area contributed by atoms with E-state index >= 15 is 0 Å². The Morgan fingerprint density at radius 2 is 1.96 bits per heavy atom. The van der Waals surface area contributed by atoms with Gasteiger partial charge in [0.1, 0.15) is 11.6 Å². The molecule has 2 heterocycles. The number of amides is 2. The van der Waals surface area contributed by atoms with Crippen LogP contribution in [-0.4, -0.2) is 33.3 Å². The van der Waals surface area contributed by atoms with Crippen LogP contribution in [0.1, 0.15) is 42.5 Å². The molecule has 0 bridgehead atoms. The maximum atomic E-state index is 13.0. The second kappa shape index (κ2) is 7.88. The summed E-state index contributed by atoms with van der Waals surface area (Å²) >= 11 is 0. The summed E-state index contributed by atoms with van der Waals surface area (Å²) in [6, 6.07) is 6.82. The number of rotatable bonds is 2. The van der Waals surface area contributed by atoms with Crippen molar-refractivity contribution >= 4 is 23.3 Å². The normalized spacial score (nSPS) is 19.3. The molecule has 1 fully saturated rings. The molecule has 1 aliphatic heterocycles. The van der Waals surface area contributed by atoms with E-state index in [1.165, 1.54) is 6.20 Å². The number of aromatic hydroxyl groups is 1. The smallest absolute Gasteiger partial charge is 0.313 e. The van der Waals surface area contributed by atoms with Gasteiger partial charge in [-0.2, -0.15) is 0 Å². The maximum Gasteiger partial charge on any atom is 0.313 e. The zero-order valence-corrected chi connectivity index (χ0v) is 16.4. The van der Waals surface area contributed by atoms with Crippen molar-refractivity contribution in [3.63, 3.8) is 0 Å². The second-order valence-corrected chi connectivity index (χ2v) is 7.58. The van der Waals surface area contributed by atoms with Crippen LogP contribution in [0.2, 0.25) is 0 Å². The lowest BCUT2D eigenvalue weighted by Gasteiger charge is -2.38. The van der Waals surface area contributed by atoms with Gasteiger partial charge < -0.3 is 21.1 Å². The topological polar surface area (TPSA) is 109 Å². The molecule has 7 nitrogen and oxygen atoms in total. The van der Waals surface area contributed by atoms with Crippen LogP contribution in [0.15, 0.2) is 30.5 Å². The molecule has 2 aromatic rings. The van der Waals surface area contributed by atoms with E-state index in [0.29, 0.717) is 24.0 Å². The molecular weight excluding hydrogens is 356 g/mol. The third kappa shape index (κ3) is 4.08. The van der Waals surface area contributed by atoms with E-state index in [4.69, 9.17) is 5.73 Å². The van der Waals surface area contributed by atoms with Crippen molar-refractivity contribution in [3.05, 3.63) is 47.2 Å². The molecule has 4 N–H and O–H groups in total. The molecule has 28 heavy (non-hydrogen) atoms. The Morgan fingerprint density at radius 1 is 1.21 bits per heavy atom. The highest BCUT2D eigenvalue weighted by molar-refractivity contribution is 6.39. The van der Waals surface area contributed by atoms with Crippen molar-refractivity contribution in [2.24, 2.45) is 5.92 Å². The highest BCUT2D eigenvalue weighted by Crippen LogP contribution is 2.35. The fourth-order valence-electron chi connectivity index (χ4n) is 3.58. The lowest BCUT2D eigenvalue weighted by Crippen LogP contribution is -2.46. The number of carbonyl (C=O) groups is 2. The number of aryl methyl sites for hydroxylation is 2. The Labute approximate surface area is 164 Å². The van der Waals surface area contributed by atoms with Crippen molar-refractivity contribution in [3.8, 4) is 5.75 Å². The summed E-state index contributed by atoms with van der Waals surface area (Å²) in [6.07, 6.45) is 3.18. The first kappa shape index (κ1) is 19.7. The highest BCUT2D eigenvalue weighted by atomic mass is 16.3. The maximum absolute atomic E-state index is 13.0. The van der Waals surface area contributed by atoms with Gasteiger partial charge in [0, 0.05) is 6.54 Å². The zero-order valence-electron chi connectivity index (χ0n) is 16.4. The SMILES string of the molecule is Cc1cc(C2CCC(C)CN2C(=O)C(=O)Nc2cnc(N)c(C)c2)ccc1O. The third-order valence-electron chi connectivity index (χ3n) is 5.25. The van der Waals surface area contributed by atoms with Crippen molar-refractivity contribution in [1.82, 2.24) is 9.88 Å². The molecule has 7 heteroatoms. The first-order chi connectivity index (χ1) is 13.3. The molecule has 1 saturated heterocycles. The molecule has 0 spiro atoms. The fraction of sp³-hybridized carbons (Fsp3) is 0.381. The average molecular weight is 382 g/mol. The Kier molecular flexibility index (Phi) is 5.53. The van der Waals surface area contributed by atoms with Crippen molar-refractivity contribution in [2.45, 2.75) is 39.7 Å². The number of pyridine rings is 1. The summed E-state index contributed by atoms with van der Waals surface area (Å²) in [5.74, 6) is -0.351. The number of aromatic nitrogens is 1. The van der Waals surface area contributed by atoms with Gasteiger partial charge in [0.2, 0.25) is 0 Å². The van der Waals surface area contributed by atoms with Crippen LogP contribution in [0.4, 0.5) is 11.5 Å². The number of phenolic OH excluding ortho intramolecular Hbond substituents is 1. The van der Waals surface area contributed by atoms with E-state index in [1.807, 2.05) is 19.1 Å². The Balaban J connectivity index is 1.82. The van der Waals surface area contributed by atoms with E-state index in [9.17, 15) is 14.7 Å². The van der Waals surface area contributed by atoms with Crippen molar-refractivity contribution in [2.75, 3.05) is 17.6 Å². The number of nitrogens with zero attached hydrogens (tertiary/aromatic N) is 2. The molecule has 0 radical (unpaired) electrons. The van der Waals surface area contributed by atoms with Gasteiger partial charge in [-0.3, -0.25) is 9.59 Å². The van der Waals surface area contributed by atoms with Crippen LogP contribution < -0.4 is 11.1 Å². The van der Waals surface area contributed by atoms with Crippen LogP contribution in [0, 0.1) is 19.8 Å². The third-order valence-corrected chi connectivity index (χ3v) is 5.25. The number of phenols is 1. The molecule has 148 valence electrons. The van der Waals surface area contributed by atoms with E-state index in [1.54, 1.807) is 24.0 Å². The van der Waals surface area contributed by atoms with Crippen LogP contribution in [0.25, 0.3) is 0 Å². The summed E-state index contributed by atoms with van der Waals surface area (Å²) in [7, 11) is 0. The highest BCUT2D eigenvalue weighted by Gasteiger charge is 2.34. The van der Waals surface area contributed by atoms with Gasteiger partial charge in [-0.25, -0.2) is 4.98 Å². The minimum atomic E-state index is -0.694. The fourth-order valence-corrected chi connectivity index (χ4v) is 3.58. The molecule has 2 unspecified atom stereocenters. The van der Waals surface area contributed by atoms with Crippen LogP contribution in [-0.2, 0) is 9.59 Å². The van der Waals surface area contributed by atoms with Crippen LogP contribution in [0.5, 0.6) is 5.75 Å². The summed E-state index contributed by atoms with van der Waals surface area (Å²) in [5.41, 5.74) is 8.54. The molecular formula is C21H26N4O3.